The lowest BCUT2D eigenvalue weighted by atomic mass is 10.1. The third-order valence-corrected chi connectivity index (χ3v) is 3.46. The number of para-hydroxylation sites is 2. The highest BCUT2D eigenvalue weighted by Gasteiger charge is 2.15. The molecule has 0 unspecified atom stereocenters. The molecule has 0 aliphatic rings. The van der Waals surface area contributed by atoms with Gasteiger partial charge in [-0.2, -0.15) is 0 Å². The van der Waals surface area contributed by atoms with E-state index in [2.05, 4.69) is 27.1 Å². The minimum absolute atomic E-state index is 0.704. The number of imidazole rings is 1. The number of oxazole rings is 1. The van der Waals surface area contributed by atoms with Gasteiger partial charge in [-0.15, -0.1) is 0 Å². The summed E-state index contributed by atoms with van der Waals surface area (Å²) in [6, 6.07) is 18.1. The predicted molar refractivity (Wildman–Crippen MR) is 80.8 cm³/mol. The summed E-state index contributed by atoms with van der Waals surface area (Å²) in [4.78, 5) is 12.2. The number of nitrogens with zero attached hydrogens (tertiary/aromatic N) is 2. The van der Waals surface area contributed by atoms with Crippen molar-refractivity contribution >= 4 is 11.0 Å². The zero-order chi connectivity index (χ0) is 14.1. The average molecular weight is 275 g/mol. The zero-order valence-corrected chi connectivity index (χ0v) is 11.3. The maximum Gasteiger partial charge on any atom is 0.193 e. The number of hydrogen-bond donors (Lipinski definition) is 1. The number of fused-ring (bicyclic) bond motifs is 1. The van der Waals surface area contributed by atoms with Gasteiger partial charge in [-0.3, -0.25) is 0 Å². The van der Waals surface area contributed by atoms with Gasteiger partial charge >= 0.3 is 0 Å². The van der Waals surface area contributed by atoms with E-state index in [-0.39, 0.29) is 0 Å². The molecule has 1 N–H and O–H groups in total. The minimum Gasteiger partial charge on any atom is -0.440 e. The van der Waals surface area contributed by atoms with Crippen LogP contribution in [0.2, 0.25) is 0 Å². The standard InChI is InChI=1S/C17H13N3O/c1-2-6-12(7-3-1)10-15-16(21-11-18-15)17-19-13-8-4-5-9-14(13)20-17/h1-9,11H,10H2,(H,19,20). The molecule has 0 aliphatic carbocycles. The van der Waals surface area contributed by atoms with Crippen LogP contribution in [0.1, 0.15) is 11.3 Å². The van der Waals surface area contributed by atoms with Crippen LogP contribution in [0.4, 0.5) is 0 Å². The van der Waals surface area contributed by atoms with Crippen molar-refractivity contribution in [2.45, 2.75) is 6.42 Å². The van der Waals surface area contributed by atoms with Gasteiger partial charge in [0.2, 0.25) is 0 Å². The van der Waals surface area contributed by atoms with E-state index in [1.165, 1.54) is 12.0 Å². The summed E-state index contributed by atoms with van der Waals surface area (Å²) in [6.07, 6.45) is 2.20. The Bertz CT molecular complexity index is 844. The van der Waals surface area contributed by atoms with Crippen LogP contribution in [-0.2, 0) is 6.42 Å². The monoisotopic (exact) mass is 275 g/mol. The average Bonchev–Trinajstić information content (AvgIpc) is 3.14. The van der Waals surface area contributed by atoms with Crippen LogP contribution in [0.3, 0.4) is 0 Å². The Labute approximate surface area is 121 Å². The summed E-state index contributed by atoms with van der Waals surface area (Å²) in [5, 5.41) is 0. The number of nitrogens with one attached hydrogen (secondary N) is 1. The third-order valence-electron chi connectivity index (χ3n) is 3.46. The Morgan fingerprint density at radius 1 is 0.952 bits per heavy atom. The topological polar surface area (TPSA) is 54.7 Å². The lowest BCUT2D eigenvalue weighted by molar-refractivity contribution is 0.567. The molecule has 102 valence electrons. The molecule has 0 spiro atoms. The first-order valence-corrected chi connectivity index (χ1v) is 6.81. The first kappa shape index (κ1) is 11.9. The van der Waals surface area contributed by atoms with Crippen LogP contribution >= 0.6 is 0 Å². The van der Waals surface area contributed by atoms with Gasteiger partial charge in [0.25, 0.3) is 0 Å². The van der Waals surface area contributed by atoms with E-state index in [4.69, 9.17) is 4.42 Å². The molecule has 0 saturated heterocycles. The van der Waals surface area contributed by atoms with Crippen molar-refractivity contribution in [2.75, 3.05) is 0 Å². The zero-order valence-electron chi connectivity index (χ0n) is 11.3. The lowest BCUT2D eigenvalue weighted by Gasteiger charge is -1.99. The van der Waals surface area contributed by atoms with Gasteiger partial charge in [0.15, 0.2) is 18.0 Å². The van der Waals surface area contributed by atoms with E-state index < -0.39 is 0 Å². The van der Waals surface area contributed by atoms with Gasteiger partial charge in [-0.25, -0.2) is 9.97 Å². The molecular formula is C17H13N3O. The highest BCUT2D eigenvalue weighted by molar-refractivity contribution is 5.78. The molecule has 21 heavy (non-hydrogen) atoms. The fourth-order valence-electron chi connectivity index (χ4n) is 2.44. The SMILES string of the molecule is c1ccc(Cc2ncoc2-c2nc3ccccc3[nH]2)cc1. The van der Waals surface area contributed by atoms with Crippen molar-refractivity contribution < 1.29 is 4.42 Å². The third kappa shape index (κ3) is 2.21. The first-order chi connectivity index (χ1) is 10.4. The normalized spacial score (nSPS) is 11.0. The van der Waals surface area contributed by atoms with Gasteiger partial charge in [-0.1, -0.05) is 42.5 Å². The van der Waals surface area contributed by atoms with Crippen molar-refractivity contribution in [3.63, 3.8) is 0 Å². The Morgan fingerprint density at radius 2 is 1.76 bits per heavy atom. The summed E-state index contributed by atoms with van der Waals surface area (Å²) in [6.45, 7) is 0. The van der Waals surface area contributed by atoms with E-state index >= 15 is 0 Å². The quantitative estimate of drug-likeness (QED) is 0.618. The van der Waals surface area contributed by atoms with Crippen molar-refractivity contribution in [3.05, 3.63) is 72.2 Å². The summed E-state index contributed by atoms with van der Waals surface area (Å²) in [5.74, 6) is 1.43. The van der Waals surface area contributed by atoms with Crippen molar-refractivity contribution in [1.82, 2.24) is 15.0 Å². The second-order valence-corrected chi connectivity index (χ2v) is 4.89. The molecule has 2 aromatic carbocycles. The maximum atomic E-state index is 5.55. The van der Waals surface area contributed by atoms with E-state index in [0.29, 0.717) is 5.76 Å². The van der Waals surface area contributed by atoms with Gasteiger partial charge in [0.05, 0.1) is 16.7 Å². The van der Waals surface area contributed by atoms with Crippen LogP contribution in [0.15, 0.2) is 65.4 Å². The van der Waals surface area contributed by atoms with Gasteiger partial charge < -0.3 is 9.40 Å². The van der Waals surface area contributed by atoms with Crippen LogP contribution in [0.5, 0.6) is 0 Å². The Balaban J connectivity index is 1.74. The lowest BCUT2D eigenvalue weighted by Crippen LogP contribution is -1.91. The van der Waals surface area contributed by atoms with E-state index in [1.54, 1.807) is 0 Å². The predicted octanol–water partition coefficient (Wildman–Crippen LogP) is 3.81. The molecule has 2 aromatic heterocycles. The summed E-state index contributed by atoms with van der Waals surface area (Å²) >= 11 is 0. The number of benzene rings is 2. The highest BCUT2D eigenvalue weighted by atomic mass is 16.3. The Kier molecular flexibility index (Phi) is 2.78. The van der Waals surface area contributed by atoms with Crippen molar-refractivity contribution in [3.8, 4) is 11.6 Å². The largest absolute Gasteiger partial charge is 0.440 e. The van der Waals surface area contributed by atoms with Crippen LogP contribution in [0, 0.1) is 0 Å². The highest BCUT2D eigenvalue weighted by Crippen LogP contribution is 2.24. The molecule has 0 fully saturated rings. The molecule has 0 atom stereocenters. The molecule has 0 amide bonds. The van der Waals surface area contributed by atoms with E-state index in [9.17, 15) is 0 Å². The van der Waals surface area contributed by atoms with Crippen LogP contribution in [-0.4, -0.2) is 15.0 Å². The van der Waals surface area contributed by atoms with Crippen LogP contribution in [0.25, 0.3) is 22.6 Å². The number of H-pyrrole nitrogens is 1. The van der Waals surface area contributed by atoms with Gasteiger partial charge in [0, 0.05) is 6.42 Å². The number of aromatic amines is 1. The fraction of sp³-hybridized carbons (Fsp3) is 0.0588. The molecule has 0 bridgehead atoms. The second kappa shape index (κ2) is 4.90. The van der Waals surface area contributed by atoms with E-state index in [1.807, 2.05) is 42.5 Å². The Hall–Kier alpha value is -2.88. The molecule has 4 nitrogen and oxygen atoms in total. The Morgan fingerprint density at radius 3 is 2.62 bits per heavy atom. The van der Waals surface area contributed by atoms with Crippen molar-refractivity contribution in [2.24, 2.45) is 0 Å². The molecule has 2 heterocycles. The number of hydrogen-bond acceptors (Lipinski definition) is 3. The minimum atomic E-state index is 0.704. The number of rotatable bonds is 3. The molecular weight excluding hydrogens is 262 g/mol. The molecule has 0 aliphatic heterocycles. The number of aromatic nitrogens is 3. The molecule has 4 rings (SSSR count). The summed E-state index contributed by atoms with van der Waals surface area (Å²) in [5.41, 5.74) is 4.01. The summed E-state index contributed by atoms with van der Waals surface area (Å²) < 4.78 is 5.55. The molecule has 0 saturated carbocycles. The molecule has 4 aromatic rings. The maximum absolute atomic E-state index is 5.55. The van der Waals surface area contributed by atoms with Crippen LogP contribution < -0.4 is 0 Å². The second-order valence-electron chi connectivity index (χ2n) is 4.89. The smallest absolute Gasteiger partial charge is 0.193 e. The first-order valence-electron chi connectivity index (χ1n) is 6.81. The summed E-state index contributed by atoms with van der Waals surface area (Å²) in [7, 11) is 0. The van der Waals surface area contributed by atoms with Gasteiger partial charge in [0.1, 0.15) is 0 Å². The molecule has 4 heteroatoms. The molecule has 0 radical (unpaired) electrons. The van der Waals surface area contributed by atoms with Crippen molar-refractivity contribution in [1.29, 1.82) is 0 Å². The fourth-order valence-corrected chi connectivity index (χ4v) is 2.44. The van der Waals surface area contributed by atoms with Gasteiger partial charge in [-0.05, 0) is 17.7 Å². The van der Waals surface area contributed by atoms with E-state index in [0.717, 1.165) is 29.0 Å².